The van der Waals surface area contributed by atoms with Gasteiger partial charge < -0.3 is 4.74 Å². The summed E-state index contributed by atoms with van der Waals surface area (Å²) in [6, 6.07) is 11.5. The number of benzene rings is 2. The van der Waals surface area contributed by atoms with Crippen LogP contribution in [0.15, 0.2) is 42.5 Å². The van der Waals surface area contributed by atoms with Crippen LogP contribution < -0.4 is 0 Å². The molecule has 5 heteroatoms. The molecule has 3 nitrogen and oxygen atoms in total. The summed E-state index contributed by atoms with van der Waals surface area (Å²) in [6.07, 6.45) is 0. The molecule has 23 heavy (non-hydrogen) atoms. The van der Waals surface area contributed by atoms with E-state index in [-0.39, 0.29) is 16.4 Å². The van der Waals surface area contributed by atoms with E-state index >= 15 is 0 Å². The van der Waals surface area contributed by atoms with Crippen molar-refractivity contribution in [2.24, 2.45) is 0 Å². The number of carbonyl (C=O) groups excluding carboxylic acids is 1. The Bertz CT molecular complexity index is 714. The zero-order valence-electron chi connectivity index (χ0n) is 12.6. The Morgan fingerprint density at radius 3 is 2.61 bits per heavy atom. The first kappa shape index (κ1) is 16.1. The maximum atomic E-state index is 14.0. The highest BCUT2D eigenvalue weighted by Crippen LogP contribution is 2.21. The maximum absolute atomic E-state index is 14.0. The van der Waals surface area contributed by atoms with Gasteiger partial charge in [0.2, 0.25) is 0 Å². The molecule has 0 spiro atoms. The number of hydrogen-bond acceptors (Lipinski definition) is 3. The Labute approximate surface area is 139 Å². The van der Waals surface area contributed by atoms with Crippen LogP contribution in [-0.4, -0.2) is 37.0 Å². The van der Waals surface area contributed by atoms with Crippen molar-refractivity contribution in [2.45, 2.75) is 6.54 Å². The molecule has 1 fully saturated rings. The first-order chi connectivity index (χ1) is 11.1. The van der Waals surface area contributed by atoms with Gasteiger partial charge in [-0.2, -0.15) is 0 Å². The number of halogens is 2. The summed E-state index contributed by atoms with van der Waals surface area (Å²) in [4.78, 5) is 14.9. The van der Waals surface area contributed by atoms with Crippen LogP contribution in [0.1, 0.15) is 21.5 Å². The molecule has 2 aromatic carbocycles. The monoisotopic (exact) mass is 333 g/mol. The summed E-state index contributed by atoms with van der Waals surface area (Å²) in [7, 11) is 0. The average Bonchev–Trinajstić information content (AvgIpc) is 2.56. The van der Waals surface area contributed by atoms with Crippen molar-refractivity contribution in [3.05, 3.63) is 70.0 Å². The van der Waals surface area contributed by atoms with Crippen molar-refractivity contribution < 1.29 is 13.9 Å². The first-order valence-electron chi connectivity index (χ1n) is 7.53. The molecule has 1 saturated heterocycles. The standard InChI is InChI=1S/C18H17ClFNO2/c19-14-5-6-16(17(20)11-14)18(22)15-4-2-1-3-13(15)12-21-7-9-23-10-8-21/h1-6,11H,7-10,12H2. The van der Waals surface area contributed by atoms with E-state index in [2.05, 4.69) is 4.90 Å². The molecule has 0 radical (unpaired) electrons. The molecule has 0 unspecified atom stereocenters. The SMILES string of the molecule is O=C(c1ccc(Cl)cc1F)c1ccccc1CN1CCOCC1. The molecular formula is C18H17ClFNO2. The molecule has 3 rings (SSSR count). The highest BCUT2D eigenvalue weighted by Gasteiger charge is 2.19. The predicted octanol–water partition coefficient (Wildman–Crippen LogP) is 3.54. The van der Waals surface area contributed by atoms with Gasteiger partial charge in [-0.1, -0.05) is 35.9 Å². The number of ketones is 1. The van der Waals surface area contributed by atoms with Gasteiger partial charge in [-0.25, -0.2) is 4.39 Å². The van der Waals surface area contributed by atoms with Gasteiger partial charge in [0.05, 0.1) is 18.8 Å². The van der Waals surface area contributed by atoms with E-state index in [0.717, 1.165) is 18.7 Å². The lowest BCUT2D eigenvalue weighted by Gasteiger charge is -2.27. The predicted molar refractivity (Wildman–Crippen MR) is 87.4 cm³/mol. The van der Waals surface area contributed by atoms with Crippen LogP contribution in [0.25, 0.3) is 0 Å². The molecular weight excluding hydrogens is 317 g/mol. The van der Waals surface area contributed by atoms with Crippen molar-refractivity contribution >= 4 is 17.4 Å². The second-order valence-electron chi connectivity index (χ2n) is 5.50. The molecule has 2 aromatic rings. The zero-order valence-corrected chi connectivity index (χ0v) is 13.4. The first-order valence-corrected chi connectivity index (χ1v) is 7.91. The molecule has 1 aliphatic rings. The second kappa shape index (κ2) is 7.21. The fourth-order valence-electron chi connectivity index (χ4n) is 2.70. The molecule has 1 heterocycles. The highest BCUT2D eigenvalue weighted by molar-refractivity contribution is 6.30. The summed E-state index contributed by atoms with van der Waals surface area (Å²) < 4.78 is 19.4. The van der Waals surface area contributed by atoms with Gasteiger partial charge >= 0.3 is 0 Å². The van der Waals surface area contributed by atoms with Crippen LogP contribution >= 0.6 is 11.6 Å². The third-order valence-electron chi connectivity index (χ3n) is 3.94. The molecule has 0 aromatic heterocycles. The maximum Gasteiger partial charge on any atom is 0.196 e. The molecule has 1 aliphatic heterocycles. The normalized spacial score (nSPS) is 15.6. The third kappa shape index (κ3) is 3.78. The quantitative estimate of drug-likeness (QED) is 0.801. The summed E-state index contributed by atoms with van der Waals surface area (Å²) in [6.45, 7) is 3.71. The summed E-state index contributed by atoms with van der Waals surface area (Å²) in [5.41, 5.74) is 1.47. The largest absolute Gasteiger partial charge is 0.379 e. The van der Waals surface area contributed by atoms with Gasteiger partial charge in [-0.05, 0) is 23.8 Å². The van der Waals surface area contributed by atoms with Crippen molar-refractivity contribution in [1.82, 2.24) is 4.90 Å². The van der Waals surface area contributed by atoms with Gasteiger partial charge in [0.15, 0.2) is 5.78 Å². The number of carbonyl (C=O) groups is 1. The Kier molecular flexibility index (Phi) is 5.06. The van der Waals surface area contributed by atoms with Crippen molar-refractivity contribution in [2.75, 3.05) is 26.3 Å². The lowest BCUT2D eigenvalue weighted by atomic mass is 9.97. The third-order valence-corrected chi connectivity index (χ3v) is 4.17. The molecule has 0 saturated carbocycles. The van der Waals surface area contributed by atoms with Gasteiger partial charge in [0.25, 0.3) is 0 Å². The van der Waals surface area contributed by atoms with Crippen LogP contribution in [0.4, 0.5) is 4.39 Å². The van der Waals surface area contributed by atoms with E-state index < -0.39 is 5.82 Å². The lowest BCUT2D eigenvalue weighted by Crippen LogP contribution is -2.36. The van der Waals surface area contributed by atoms with Gasteiger partial charge in [0.1, 0.15) is 5.82 Å². The Hall–Kier alpha value is -1.75. The van der Waals surface area contributed by atoms with E-state index in [4.69, 9.17) is 16.3 Å². The van der Waals surface area contributed by atoms with E-state index in [0.29, 0.717) is 25.3 Å². The number of ether oxygens (including phenoxy) is 1. The summed E-state index contributed by atoms with van der Waals surface area (Å²) in [5.74, 6) is -0.910. The van der Waals surface area contributed by atoms with Crippen LogP contribution in [0.5, 0.6) is 0 Å². The van der Waals surface area contributed by atoms with Crippen molar-refractivity contribution in [3.63, 3.8) is 0 Å². The fraction of sp³-hybridized carbons (Fsp3) is 0.278. The fourth-order valence-corrected chi connectivity index (χ4v) is 2.86. The summed E-state index contributed by atoms with van der Waals surface area (Å²) in [5, 5.41) is 0.278. The Balaban J connectivity index is 1.88. The molecule has 0 atom stereocenters. The van der Waals surface area contributed by atoms with Gasteiger partial charge in [0, 0.05) is 30.2 Å². The second-order valence-corrected chi connectivity index (χ2v) is 5.94. The highest BCUT2D eigenvalue weighted by atomic mass is 35.5. The number of rotatable bonds is 4. The van der Waals surface area contributed by atoms with Crippen LogP contribution in [0.3, 0.4) is 0 Å². The number of nitrogens with zero attached hydrogens (tertiary/aromatic N) is 1. The Morgan fingerprint density at radius 2 is 1.87 bits per heavy atom. The van der Waals surface area contributed by atoms with Crippen LogP contribution in [0, 0.1) is 5.82 Å². The molecule has 0 aliphatic carbocycles. The Morgan fingerprint density at radius 1 is 1.13 bits per heavy atom. The average molecular weight is 334 g/mol. The number of hydrogen-bond donors (Lipinski definition) is 0. The molecule has 120 valence electrons. The van der Waals surface area contributed by atoms with Gasteiger partial charge in [-0.15, -0.1) is 0 Å². The smallest absolute Gasteiger partial charge is 0.196 e. The van der Waals surface area contributed by atoms with Gasteiger partial charge in [-0.3, -0.25) is 9.69 Å². The minimum Gasteiger partial charge on any atom is -0.379 e. The topological polar surface area (TPSA) is 29.5 Å². The lowest BCUT2D eigenvalue weighted by molar-refractivity contribution is 0.0341. The minimum absolute atomic E-state index is 0.0452. The van der Waals surface area contributed by atoms with E-state index in [9.17, 15) is 9.18 Å². The van der Waals surface area contributed by atoms with E-state index in [1.165, 1.54) is 18.2 Å². The minimum atomic E-state index is -0.594. The molecule has 0 amide bonds. The van der Waals surface area contributed by atoms with Crippen molar-refractivity contribution in [1.29, 1.82) is 0 Å². The van der Waals surface area contributed by atoms with E-state index in [1.54, 1.807) is 12.1 Å². The summed E-state index contributed by atoms with van der Waals surface area (Å²) >= 11 is 5.76. The van der Waals surface area contributed by atoms with E-state index in [1.807, 2.05) is 12.1 Å². The molecule has 0 bridgehead atoms. The van der Waals surface area contributed by atoms with Crippen molar-refractivity contribution in [3.8, 4) is 0 Å². The number of morpholine rings is 1. The zero-order chi connectivity index (χ0) is 16.2. The van der Waals surface area contributed by atoms with Crippen LogP contribution in [0.2, 0.25) is 5.02 Å². The van der Waals surface area contributed by atoms with Crippen LogP contribution in [-0.2, 0) is 11.3 Å². The molecule has 0 N–H and O–H groups in total.